The fourth-order valence-corrected chi connectivity index (χ4v) is 2.10. The summed E-state index contributed by atoms with van der Waals surface area (Å²) in [6, 6.07) is 6.55. The van der Waals surface area contributed by atoms with Crippen LogP contribution in [0.2, 0.25) is 0 Å². The number of hydrogen-bond acceptors (Lipinski definition) is 2. The Balaban J connectivity index is 2.13. The van der Waals surface area contributed by atoms with E-state index in [1.165, 1.54) is 11.1 Å². The van der Waals surface area contributed by atoms with E-state index in [0.717, 1.165) is 25.3 Å². The minimum absolute atomic E-state index is 0.349. The monoisotopic (exact) mass is 219 g/mol. The topological polar surface area (TPSA) is 21.3 Å². The van der Waals surface area contributed by atoms with E-state index in [-0.39, 0.29) is 0 Å². The lowest BCUT2D eigenvalue weighted by molar-refractivity contribution is 0.222. The first kappa shape index (κ1) is 11.5. The van der Waals surface area contributed by atoms with Gasteiger partial charge in [-0.05, 0) is 49.1 Å². The number of rotatable bonds is 3. The zero-order valence-electron chi connectivity index (χ0n) is 10.4. The van der Waals surface area contributed by atoms with Crippen LogP contribution in [0.15, 0.2) is 18.2 Å². The molecule has 0 radical (unpaired) electrons. The van der Waals surface area contributed by atoms with Gasteiger partial charge in [0, 0.05) is 6.54 Å². The van der Waals surface area contributed by atoms with Crippen molar-refractivity contribution >= 4 is 0 Å². The standard InChI is InChI=1S/C14H21NO/c1-10(2)12-6-11(3)7-14(8-12)16-13-4-5-15-9-13/h6-8,10,13,15H,4-5,9H2,1-3H3. The van der Waals surface area contributed by atoms with E-state index in [4.69, 9.17) is 4.74 Å². The minimum Gasteiger partial charge on any atom is -0.489 e. The van der Waals surface area contributed by atoms with E-state index in [2.05, 4.69) is 44.3 Å². The second kappa shape index (κ2) is 4.88. The molecule has 2 heteroatoms. The van der Waals surface area contributed by atoms with E-state index in [1.807, 2.05) is 0 Å². The molecule has 1 aliphatic heterocycles. The van der Waals surface area contributed by atoms with Crippen LogP contribution >= 0.6 is 0 Å². The zero-order valence-corrected chi connectivity index (χ0v) is 10.4. The highest BCUT2D eigenvalue weighted by atomic mass is 16.5. The molecule has 0 saturated carbocycles. The summed E-state index contributed by atoms with van der Waals surface area (Å²) < 4.78 is 5.98. The van der Waals surface area contributed by atoms with Gasteiger partial charge in [-0.3, -0.25) is 0 Å². The van der Waals surface area contributed by atoms with Gasteiger partial charge in [0.05, 0.1) is 0 Å². The van der Waals surface area contributed by atoms with Gasteiger partial charge >= 0.3 is 0 Å². The number of hydrogen-bond donors (Lipinski definition) is 1. The molecule has 1 aromatic carbocycles. The Hall–Kier alpha value is -1.02. The van der Waals surface area contributed by atoms with Gasteiger partial charge in [-0.25, -0.2) is 0 Å². The van der Waals surface area contributed by atoms with E-state index in [9.17, 15) is 0 Å². The zero-order chi connectivity index (χ0) is 11.5. The van der Waals surface area contributed by atoms with Crippen LogP contribution in [-0.4, -0.2) is 19.2 Å². The molecule has 16 heavy (non-hydrogen) atoms. The molecule has 0 bridgehead atoms. The van der Waals surface area contributed by atoms with Crippen molar-refractivity contribution in [1.29, 1.82) is 0 Å². The fraction of sp³-hybridized carbons (Fsp3) is 0.571. The summed E-state index contributed by atoms with van der Waals surface area (Å²) in [5.74, 6) is 1.58. The van der Waals surface area contributed by atoms with Gasteiger partial charge in [0.15, 0.2) is 0 Å². The van der Waals surface area contributed by atoms with Crippen molar-refractivity contribution in [3.8, 4) is 5.75 Å². The SMILES string of the molecule is Cc1cc(OC2CCNC2)cc(C(C)C)c1. The summed E-state index contributed by atoms with van der Waals surface area (Å²) in [6.07, 6.45) is 1.46. The highest BCUT2D eigenvalue weighted by Crippen LogP contribution is 2.24. The van der Waals surface area contributed by atoms with Crippen LogP contribution in [-0.2, 0) is 0 Å². The summed E-state index contributed by atoms with van der Waals surface area (Å²) in [5, 5.41) is 3.32. The lowest BCUT2D eigenvalue weighted by atomic mass is 10.0. The lowest BCUT2D eigenvalue weighted by Crippen LogP contribution is -2.19. The molecule has 1 saturated heterocycles. The van der Waals surface area contributed by atoms with Crippen LogP contribution in [0.5, 0.6) is 5.75 Å². The molecular weight excluding hydrogens is 198 g/mol. The van der Waals surface area contributed by atoms with Crippen molar-refractivity contribution in [2.75, 3.05) is 13.1 Å². The third kappa shape index (κ3) is 2.76. The third-order valence-corrected chi connectivity index (χ3v) is 3.06. The lowest BCUT2D eigenvalue weighted by Gasteiger charge is -2.15. The predicted molar refractivity (Wildman–Crippen MR) is 67.2 cm³/mol. The second-order valence-corrected chi connectivity index (χ2v) is 4.97. The Morgan fingerprint density at radius 1 is 1.31 bits per heavy atom. The molecule has 1 N–H and O–H groups in total. The van der Waals surface area contributed by atoms with Crippen LogP contribution in [0.25, 0.3) is 0 Å². The molecule has 1 fully saturated rings. The fourth-order valence-electron chi connectivity index (χ4n) is 2.10. The molecule has 2 rings (SSSR count). The second-order valence-electron chi connectivity index (χ2n) is 4.97. The van der Waals surface area contributed by atoms with Crippen molar-refractivity contribution in [2.24, 2.45) is 0 Å². The molecule has 1 unspecified atom stereocenters. The van der Waals surface area contributed by atoms with E-state index in [1.54, 1.807) is 0 Å². The molecule has 1 aliphatic rings. The number of nitrogens with one attached hydrogen (secondary N) is 1. The van der Waals surface area contributed by atoms with E-state index in [0.29, 0.717) is 12.0 Å². The quantitative estimate of drug-likeness (QED) is 0.844. The molecule has 2 nitrogen and oxygen atoms in total. The highest BCUT2D eigenvalue weighted by Gasteiger charge is 2.16. The van der Waals surface area contributed by atoms with Crippen molar-refractivity contribution in [3.63, 3.8) is 0 Å². The Bertz CT molecular complexity index is 354. The maximum atomic E-state index is 5.98. The van der Waals surface area contributed by atoms with Gasteiger partial charge in [0.25, 0.3) is 0 Å². The maximum Gasteiger partial charge on any atom is 0.120 e. The van der Waals surface area contributed by atoms with Gasteiger partial charge in [0.1, 0.15) is 11.9 Å². The third-order valence-electron chi connectivity index (χ3n) is 3.06. The summed E-state index contributed by atoms with van der Waals surface area (Å²) in [4.78, 5) is 0. The van der Waals surface area contributed by atoms with Gasteiger partial charge < -0.3 is 10.1 Å². The smallest absolute Gasteiger partial charge is 0.120 e. The molecule has 0 spiro atoms. The Morgan fingerprint density at radius 3 is 2.75 bits per heavy atom. The number of ether oxygens (including phenoxy) is 1. The van der Waals surface area contributed by atoms with Crippen LogP contribution in [0.1, 0.15) is 37.3 Å². The van der Waals surface area contributed by atoms with Gasteiger partial charge in [0.2, 0.25) is 0 Å². The molecule has 0 aromatic heterocycles. The first-order valence-corrected chi connectivity index (χ1v) is 6.14. The predicted octanol–water partition coefficient (Wildman–Crippen LogP) is 2.86. The Labute approximate surface area is 98.0 Å². The average molecular weight is 219 g/mol. The highest BCUT2D eigenvalue weighted by molar-refractivity contribution is 5.35. The van der Waals surface area contributed by atoms with E-state index < -0.39 is 0 Å². The van der Waals surface area contributed by atoms with Gasteiger partial charge in [-0.2, -0.15) is 0 Å². The normalized spacial score (nSPS) is 20.4. The Morgan fingerprint density at radius 2 is 2.12 bits per heavy atom. The first-order valence-electron chi connectivity index (χ1n) is 6.14. The molecule has 88 valence electrons. The Kier molecular flexibility index (Phi) is 3.49. The summed E-state index contributed by atoms with van der Waals surface area (Å²) in [6.45, 7) is 8.62. The van der Waals surface area contributed by atoms with Crippen LogP contribution in [0.3, 0.4) is 0 Å². The number of benzene rings is 1. The molecule has 1 aromatic rings. The molecule has 0 amide bonds. The van der Waals surface area contributed by atoms with Crippen molar-refractivity contribution in [1.82, 2.24) is 5.32 Å². The average Bonchev–Trinajstić information content (AvgIpc) is 2.69. The van der Waals surface area contributed by atoms with Crippen LogP contribution < -0.4 is 10.1 Å². The van der Waals surface area contributed by atoms with Gasteiger partial charge in [-0.1, -0.05) is 19.9 Å². The minimum atomic E-state index is 0.349. The van der Waals surface area contributed by atoms with Gasteiger partial charge in [-0.15, -0.1) is 0 Å². The largest absolute Gasteiger partial charge is 0.489 e. The van der Waals surface area contributed by atoms with Crippen LogP contribution in [0.4, 0.5) is 0 Å². The van der Waals surface area contributed by atoms with Crippen LogP contribution in [0, 0.1) is 6.92 Å². The van der Waals surface area contributed by atoms with E-state index >= 15 is 0 Å². The van der Waals surface area contributed by atoms with Crippen molar-refractivity contribution in [2.45, 2.75) is 39.2 Å². The first-order chi connectivity index (χ1) is 7.65. The molecular formula is C14H21NO. The van der Waals surface area contributed by atoms with Crippen molar-refractivity contribution < 1.29 is 4.74 Å². The molecule has 1 heterocycles. The molecule has 0 aliphatic carbocycles. The molecule has 1 atom stereocenters. The van der Waals surface area contributed by atoms with Crippen molar-refractivity contribution in [3.05, 3.63) is 29.3 Å². The summed E-state index contributed by atoms with van der Waals surface area (Å²) in [5.41, 5.74) is 2.65. The summed E-state index contributed by atoms with van der Waals surface area (Å²) >= 11 is 0. The summed E-state index contributed by atoms with van der Waals surface area (Å²) in [7, 11) is 0. The maximum absolute atomic E-state index is 5.98. The number of aryl methyl sites for hydroxylation is 1.